The lowest BCUT2D eigenvalue weighted by atomic mass is 10.2. The standard InChI is InChI=1S/C8H9N3O2/c12-8(11-13)10-9-6-7-4-2-1-3-5-7/h1-6,13H,(H2,10,11,12)/b9-6+. The monoisotopic (exact) mass is 179 g/mol. The molecule has 0 fully saturated rings. The highest BCUT2D eigenvalue weighted by atomic mass is 16.5. The summed E-state index contributed by atoms with van der Waals surface area (Å²) in [7, 11) is 0. The molecule has 5 nitrogen and oxygen atoms in total. The highest BCUT2D eigenvalue weighted by Gasteiger charge is 1.90. The lowest BCUT2D eigenvalue weighted by molar-refractivity contribution is 0.162. The number of benzene rings is 1. The maximum Gasteiger partial charge on any atom is 0.358 e. The van der Waals surface area contributed by atoms with Crippen molar-refractivity contribution in [3.8, 4) is 0 Å². The molecule has 0 aliphatic heterocycles. The van der Waals surface area contributed by atoms with E-state index in [1.54, 1.807) is 0 Å². The zero-order valence-electron chi connectivity index (χ0n) is 6.77. The van der Waals surface area contributed by atoms with Crippen LogP contribution in [0.15, 0.2) is 35.4 Å². The Labute approximate surface area is 75.0 Å². The number of rotatable bonds is 2. The summed E-state index contributed by atoms with van der Waals surface area (Å²) in [5.41, 5.74) is 4.30. The average molecular weight is 179 g/mol. The van der Waals surface area contributed by atoms with E-state index in [9.17, 15) is 4.79 Å². The predicted molar refractivity (Wildman–Crippen MR) is 47.5 cm³/mol. The van der Waals surface area contributed by atoms with Crippen LogP contribution in [0.4, 0.5) is 4.79 Å². The van der Waals surface area contributed by atoms with E-state index in [1.165, 1.54) is 11.7 Å². The van der Waals surface area contributed by atoms with E-state index in [4.69, 9.17) is 5.21 Å². The maximum atomic E-state index is 10.4. The molecule has 0 aliphatic carbocycles. The van der Waals surface area contributed by atoms with Crippen molar-refractivity contribution in [1.82, 2.24) is 10.9 Å². The molecule has 0 saturated heterocycles. The second-order valence-corrected chi connectivity index (χ2v) is 2.22. The Hall–Kier alpha value is -1.88. The number of carbonyl (C=O) groups is 1. The summed E-state index contributed by atoms with van der Waals surface area (Å²) in [4.78, 5) is 10.4. The number of hydrogen-bond donors (Lipinski definition) is 3. The summed E-state index contributed by atoms with van der Waals surface area (Å²) in [6, 6.07) is 8.49. The van der Waals surface area contributed by atoms with Crippen LogP contribution in [0.25, 0.3) is 0 Å². The van der Waals surface area contributed by atoms with Crippen molar-refractivity contribution >= 4 is 12.2 Å². The fourth-order valence-corrected chi connectivity index (χ4v) is 0.730. The van der Waals surface area contributed by atoms with Crippen LogP contribution in [0.3, 0.4) is 0 Å². The number of hydroxylamine groups is 1. The summed E-state index contributed by atoms with van der Waals surface area (Å²) in [6.07, 6.45) is 1.47. The first-order valence-electron chi connectivity index (χ1n) is 3.61. The van der Waals surface area contributed by atoms with Crippen LogP contribution in [0.2, 0.25) is 0 Å². The predicted octanol–water partition coefficient (Wildman–Crippen LogP) is 0.709. The zero-order chi connectivity index (χ0) is 9.52. The van der Waals surface area contributed by atoms with E-state index >= 15 is 0 Å². The lowest BCUT2D eigenvalue weighted by Gasteiger charge is -1.94. The third kappa shape index (κ3) is 3.35. The van der Waals surface area contributed by atoms with Gasteiger partial charge in [-0.05, 0) is 5.56 Å². The van der Waals surface area contributed by atoms with Gasteiger partial charge >= 0.3 is 6.03 Å². The molecule has 1 rings (SSSR count). The van der Waals surface area contributed by atoms with Gasteiger partial charge in [0.25, 0.3) is 0 Å². The van der Waals surface area contributed by atoms with Crippen LogP contribution in [-0.2, 0) is 0 Å². The Bertz CT molecular complexity index is 298. The van der Waals surface area contributed by atoms with Crippen molar-refractivity contribution in [2.24, 2.45) is 5.10 Å². The van der Waals surface area contributed by atoms with Gasteiger partial charge in [-0.25, -0.2) is 15.7 Å². The molecule has 0 aliphatic rings. The SMILES string of the molecule is O=C(NO)N/N=C/c1ccccc1. The van der Waals surface area contributed by atoms with E-state index in [0.717, 1.165) is 5.56 Å². The number of hydrogen-bond acceptors (Lipinski definition) is 3. The van der Waals surface area contributed by atoms with Gasteiger partial charge in [-0.2, -0.15) is 5.10 Å². The second kappa shape index (κ2) is 4.89. The topological polar surface area (TPSA) is 73.7 Å². The highest BCUT2D eigenvalue weighted by molar-refractivity contribution is 5.81. The normalized spacial score (nSPS) is 9.92. The molecule has 68 valence electrons. The summed E-state index contributed by atoms with van der Waals surface area (Å²) in [5, 5.41) is 11.7. The van der Waals surface area contributed by atoms with Gasteiger partial charge in [0.2, 0.25) is 0 Å². The van der Waals surface area contributed by atoms with Gasteiger partial charge < -0.3 is 0 Å². The minimum absolute atomic E-state index is 0.771. The van der Waals surface area contributed by atoms with E-state index in [2.05, 4.69) is 10.5 Å². The first-order chi connectivity index (χ1) is 6.33. The minimum atomic E-state index is -0.771. The quantitative estimate of drug-likeness (QED) is 0.355. The number of nitrogens with one attached hydrogen (secondary N) is 2. The Kier molecular flexibility index (Phi) is 3.46. The Morgan fingerprint density at radius 3 is 2.69 bits per heavy atom. The summed E-state index contributed by atoms with van der Waals surface area (Å²) in [5.74, 6) is 0. The van der Waals surface area contributed by atoms with Crippen LogP contribution in [0, 0.1) is 0 Å². The lowest BCUT2D eigenvalue weighted by Crippen LogP contribution is -2.29. The van der Waals surface area contributed by atoms with Gasteiger partial charge in [0.05, 0.1) is 6.21 Å². The number of urea groups is 1. The van der Waals surface area contributed by atoms with Crippen molar-refractivity contribution in [1.29, 1.82) is 0 Å². The molecule has 0 atom stereocenters. The molecule has 0 saturated carbocycles. The average Bonchev–Trinajstić information content (AvgIpc) is 2.19. The van der Waals surface area contributed by atoms with Gasteiger partial charge in [0, 0.05) is 0 Å². The van der Waals surface area contributed by atoms with Crippen molar-refractivity contribution < 1.29 is 10.0 Å². The molecule has 0 spiro atoms. The van der Waals surface area contributed by atoms with Crippen molar-refractivity contribution in [3.63, 3.8) is 0 Å². The molecule has 0 bridgehead atoms. The molecule has 0 aromatic heterocycles. The number of nitrogens with zero attached hydrogens (tertiary/aromatic N) is 1. The van der Waals surface area contributed by atoms with E-state index in [-0.39, 0.29) is 0 Å². The second-order valence-electron chi connectivity index (χ2n) is 2.22. The largest absolute Gasteiger partial charge is 0.358 e. The van der Waals surface area contributed by atoms with Crippen LogP contribution >= 0.6 is 0 Å². The van der Waals surface area contributed by atoms with Crippen LogP contribution in [-0.4, -0.2) is 17.5 Å². The summed E-state index contributed by atoms with van der Waals surface area (Å²) >= 11 is 0. The van der Waals surface area contributed by atoms with E-state index < -0.39 is 6.03 Å². The molecule has 2 amide bonds. The molecule has 0 unspecified atom stereocenters. The van der Waals surface area contributed by atoms with Crippen LogP contribution in [0.5, 0.6) is 0 Å². The fraction of sp³-hybridized carbons (Fsp3) is 0. The summed E-state index contributed by atoms with van der Waals surface area (Å²) < 4.78 is 0. The molecular weight excluding hydrogens is 170 g/mol. The van der Waals surface area contributed by atoms with Gasteiger partial charge in [-0.3, -0.25) is 5.21 Å². The van der Waals surface area contributed by atoms with Gasteiger partial charge in [0.15, 0.2) is 0 Å². The number of hydrazone groups is 1. The van der Waals surface area contributed by atoms with Crippen molar-refractivity contribution in [3.05, 3.63) is 35.9 Å². The first kappa shape index (κ1) is 9.21. The first-order valence-corrected chi connectivity index (χ1v) is 3.61. The van der Waals surface area contributed by atoms with Crippen molar-refractivity contribution in [2.45, 2.75) is 0 Å². The Balaban J connectivity index is 2.45. The van der Waals surface area contributed by atoms with Crippen LogP contribution in [0.1, 0.15) is 5.56 Å². The smallest absolute Gasteiger partial charge is 0.287 e. The maximum absolute atomic E-state index is 10.4. The number of carbonyl (C=O) groups excluding carboxylic acids is 1. The molecular formula is C8H9N3O2. The van der Waals surface area contributed by atoms with Crippen molar-refractivity contribution in [2.75, 3.05) is 0 Å². The third-order valence-electron chi connectivity index (χ3n) is 1.28. The van der Waals surface area contributed by atoms with E-state index in [0.29, 0.717) is 0 Å². The Morgan fingerprint density at radius 2 is 2.08 bits per heavy atom. The molecule has 1 aromatic rings. The van der Waals surface area contributed by atoms with Gasteiger partial charge in [0.1, 0.15) is 0 Å². The molecule has 5 heteroatoms. The molecule has 1 aromatic carbocycles. The Morgan fingerprint density at radius 1 is 1.38 bits per heavy atom. The zero-order valence-corrected chi connectivity index (χ0v) is 6.77. The van der Waals surface area contributed by atoms with Gasteiger partial charge in [-0.1, -0.05) is 30.3 Å². The molecule has 13 heavy (non-hydrogen) atoms. The molecule has 3 N–H and O–H groups in total. The summed E-state index contributed by atoms with van der Waals surface area (Å²) in [6.45, 7) is 0. The molecule has 0 radical (unpaired) electrons. The number of amides is 2. The van der Waals surface area contributed by atoms with Gasteiger partial charge in [-0.15, -0.1) is 0 Å². The fourth-order valence-electron chi connectivity index (χ4n) is 0.730. The van der Waals surface area contributed by atoms with Crippen LogP contribution < -0.4 is 10.9 Å². The minimum Gasteiger partial charge on any atom is -0.287 e. The third-order valence-corrected chi connectivity index (χ3v) is 1.28. The van der Waals surface area contributed by atoms with E-state index in [1.807, 2.05) is 30.3 Å². The highest BCUT2D eigenvalue weighted by Crippen LogP contribution is 1.92. The molecule has 0 heterocycles.